The molecule has 2 N–H and O–H groups in total. The summed E-state index contributed by atoms with van der Waals surface area (Å²) in [6, 6.07) is 0. The van der Waals surface area contributed by atoms with E-state index in [-0.39, 0.29) is 6.42 Å². The monoisotopic (exact) mass is 184 g/mol. The third-order valence-corrected chi connectivity index (χ3v) is 0.302. The highest BCUT2D eigenvalue weighted by molar-refractivity contribution is 6.15. The van der Waals surface area contributed by atoms with Gasteiger partial charge in [0.2, 0.25) is 0 Å². The van der Waals surface area contributed by atoms with Gasteiger partial charge >= 0.3 is 5.97 Å². The Morgan fingerprint density at radius 3 is 1.36 bits per heavy atom. The number of rotatable bonds is 1. The summed E-state index contributed by atoms with van der Waals surface area (Å²) in [5.41, 5.74) is 0. The largest absolute Gasteiger partial charge is 0.481 e. The lowest BCUT2D eigenvalue weighted by Crippen LogP contribution is -1.86. The number of hydrogen-bond donors (Lipinski definition) is 2. The van der Waals surface area contributed by atoms with Crippen LogP contribution in [-0.2, 0) is 9.59 Å². The lowest BCUT2D eigenvalue weighted by Gasteiger charge is -1.71. The molecule has 11 heavy (non-hydrogen) atoms. The Hall–Kier alpha value is -0.770. The van der Waals surface area contributed by atoms with Crippen LogP contribution >= 0.6 is 11.6 Å². The standard InChI is InChI=1S/C3H6O2.C2H4O2.CH3Cl/c1-2-3(4)5;1-2(3)4;1-2/h2H2,1H3,(H,4,5);1H3,(H,3,4);1H3. The van der Waals surface area contributed by atoms with Crippen LogP contribution < -0.4 is 0 Å². The third-order valence-electron chi connectivity index (χ3n) is 0.302. The normalized spacial score (nSPS) is 6.18. The van der Waals surface area contributed by atoms with Gasteiger partial charge in [-0.25, -0.2) is 0 Å². The molecule has 0 aromatic rings. The van der Waals surface area contributed by atoms with Crippen LogP contribution in [0, 0.1) is 0 Å². The number of alkyl halides is 1. The molecule has 4 nitrogen and oxygen atoms in total. The predicted molar refractivity (Wildman–Crippen MR) is 43.0 cm³/mol. The molecule has 0 aliphatic rings. The van der Waals surface area contributed by atoms with Crippen molar-refractivity contribution in [2.24, 2.45) is 0 Å². The molecule has 5 heteroatoms. The fourth-order valence-corrected chi connectivity index (χ4v) is 0. The number of carbonyl (C=O) groups is 2. The minimum absolute atomic E-state index is 0.222. The van der Waals surface area contributed by atoms with Crippen molar-refractivity contribution in [3.63, 3.8) is 0 Å². The minimum atomic E-state index is -0.833. The molecule has 0 radical (unpaired) electrons. The van der Waals surface area contributed by atoms with E-state index in [2.05, 4.69) is 11.6 Å². The summed E-state index contributed by atoms with van der Waals surface area (Å²) in [7, 11) is 0. The van der Waals surface area contributed by atoms with Gasteiger partial charge in [-0.05, 0) is 0 Å². The first-order chi connectivity index (χ1) is 5.00. The number of halogens is 1. The Balaban J connectivity index is -0.0000000965. The van der Waals surface area contributed by atoms with Crippen molar-refractivity contribution in [3.8, 4) is 0 Å². The van der Waals surface area contributed by atoms with Crippen LogP contribution in [0.1, 0.15) is 20.3 Å². The summed E-state index contributed by atoms with van der Waals surface area (Å²) >= 11 is 4.64. The van der Waals surface area contributed by atoms with Crippen LogP contribution in [-0.4, -0.2) is 28.5 Å². The van der Waals surface area contributed by atoms with E-state index in [0.717, 1.165) is 6.92 Å². The fraction of sp³-hybridized carbons (Fsp3) is 0.667. The number of carboxylic acid groups (broad SMARTS) is 2. The van der Waals surface area contributed by atoms with Crippen LogP contribution in [0.3, 0.4) is 0 Å². The van der Waals surface area contributed by atoms with E-state index in [0.29, 0.717) is 0 Å². The van der Waals surface area contributed by atoms with Gasteiger partial charge in [0.1, 0.15) is 0 Å². The van der Waals surface area contributed by atoms with Crippen molar-refractivity contribution in [1.82, 2.24) is 0 Å². The highest BCUT2D eigenvalue weighted by Gasteiger charge is 1.80. The fourth-order valence-electron chi connectivity index (χ4n) is 0. The summed E-state index contributed by atoms with van der Waals surface area (Å²) < 4.78 is 0. The lowest BCUT2D eigenvalue weighted by molar-refractivity contribution is -0.137. The third kappa shape index (κ3) is 319. The quantitative estimate of drug-likeness (QED) is 0.605. The van der Waals surface area contributed by atoms with E-state index in [9.17, 15) is 4.79 Å². The second kappa shape index (κ2) is 16.1. The molecule has 0 aromatic carbocycles. The number of carboxylic acids is 2. The average Bonchev–Trinajstić information content (AvgIpc) is 1.91. The molecule has 68 valence electrons. The smallest absolute Gasteiger partial charge is 0.303 e. The topological polar surface area (TPSA) is 74.6 Å². The van der Waals surface area contributed by atoms with Crippen molar-refractivity contribution in [2.75, 3.05) is 6.38 Å². The molecule has 0 bridgehead atoms. The first-order valence-electron chi connectivity index (χ1n) is 2.79. The first kappa shape index (κ1) is 16.7. The molecule has 0 aliphatic heterocycles. The van der Waals surface area contributed by atoms with Gasteiger partial charge < -0.3 is 10.2 Å². The molecule has 0 spiro atoms. The van der Waals surface area contributed by atoms with Crippen LogP contribution in [0.4, 0.5) is 0 Å². The van der Waals surface area contributed by atoms with Gasteiger partial charge in [0.05, 0.1) is 0 Å². The van der Waals surface area contributed by atoms with Crippen LogP contribution in [0.15, 0.2) is 0 Å². The van der Waals surface area contributed by atoms with E-state index in [1.54, 1.807) is 6.92 Å². The van der Waals surface area contributed by atoms with Crippen molar-refractivity contribution >= 4 is 23.5 Å². The maximum atomic E-state index is 9.37. The molecule has 0 rings (SSSR count). The molecule has 0 amide bonds. The Morgan fingerprint density at radius 2 is 1.36 bits per heavy atom. The van der Waals surface area contributed by atoms with Gasteiger partial charge in [-0.1, -0.05) is 6.92 Å². The SMILES string of the molecule is CC(=O)O.CCC(=O)O.CCl. The minimum Gasteiger partial charge on any atom is -0.481 e. The molecule has 0 saturated carbocycles. The van der Waals surface area contributed by atoms with Crippen LogP contribution in [0.5, 0.6) is 0 Å². The molecule has 0 saturated heterocycles. The maximum absolute atomic E-state index is 9.37. The molecular formula is C6H13ClO4. The van der Waals surface area contributed by atoms with Gasteiger partial charge in [-0.15, -0.1) is 11.6 Å². The van der Waals surface area contributed by atoms with Crippen molar-refractivity contribution in [3.05, 3.63) is 0 Å². The summed E-state index contributed by atoms with van der Waals surface area (Å²) in [6.45, 7) is 2.68. The first-order valence-corrected chi connectivity index (χ1v) is 3.55. The number of aliphatic carboxylic acids is 2. The second-order valence-corrected chi connectivity index (χ2v) is 1.27. The Bertz CT molecular complexity index is 98.8. The molecule has 0 unspecified atom stereocenters. The van der Waals surface area contributed by atoms with Gasteiger partial charge in [0, 0.05) is 19.7 Å². The lowest BCUT2D eigenvalue weighted by atomic mass is 10.5. The summed E-state index contributed by atoms with van der Waals surface area (Å²) in [4.78, 5) is 18.4. The summed E-state index contributed by atoms with van der Waals surface area (Å²) in [6.07, 6.45) is 1.69. The van der Waals surface area contributed by atoms with E-state index in [1.807, 2.05) is 0 Å². The highest BCUT2D eigenvalue weighted by atomic mass is 35.5. The Labute approximate surface area is 70.8 Å². The maximum Gasteiger partial charge on any atom is 0.303 e. The Kier molecular flexibility index (Phi) is 24.4. The summed E-state index contributed by atoms with van der Waals surface area (Å²) in [5.74, 6) is -1.58. The zero-order valence-corrected chi connectivity index (χ0v) is 7.55. The van der Waals surface area contributed by atoms with Crippen molar-refractivity contribution in [2.45, 2.75) is 20.3 Å². The zero-order valence-electron chi connectivity index (χ0n) is 6.80. The summed E-state index contributed by atoms with van der Waals surface area (Å²) in [5, 5.41) is 15.1. The van der Waals surface area contributed by atoms with E-state index < -0.39 is 11.9 Å². The van der Waals surface area contributed by atoms with Gasteiger partial charge in [0.15, 0.2) is 0 Å². The van der Waals surface area contributed by atoms with Crippen LogP contribution in [0.25, 0.3) is 0 Å². The van der Waals surface area contributed by atoms with Crippen LogP contribution in [0.2, 0.25) is 0 Å². The Morgan fingerprint density at radius 1 is 1.27 bits per heavy atom. The van der Waals surface area contributed by atoms with Gasteiger partial charge in [0.25, 0.3) is 5.97 Å². The molecular weight excluding hydrogens is 172 g/mol. The van der Waals surface area contributed by atoms with Crippen molar-refractivity contribution in [1.29, 1.82) is 0 Å². The molecule has 0 aliphatic carbocycles. The highest BCUT2D eigenvalue weighted by Crippen LogP contribution is 1.67. The molecule has 0 fully saturated rings. The predicted octanol–water partition coefficient (Wildman–Crippen LogP) is 1.43. The van der Waals surface area contributed by atoms with Gasteiger partial charge in [-0.2, -0.15) is 0 Å². The average molecular weight is 185 g/mol. The van der Waals surface area contributed by atoms with E-state index >= 15 is 0 Å². The zero-order chi connectivity index (χ0) is 9.86. The van der Waals surface area contributed by atoms with E-state index in [1.165, 1.54) is 6.38 Å². The van der Waals surface area contributed by atoms with Crippen molar-refractivity contribution < 1.29 is 19.8 Å². The molecule has 0 aromatic heterocycles. The second-order valence-electron chi connectivity index (χ2n) is 1.27. The number of hydrogen-bond acceptors (Lipinski definition) is 2. The van der Waals surface area contributed by atoms with Gasteiger partial charge in [-0.3, -0.25) is 9.59 Å². The molecule has 0 atom stereocenters. The van der Waals surface area contributed by atoms with E-state index in [4.69, 9.17) is 15.0 Å². The molecule has 0 heterocycles.